The Balaban J connectivity index is 2.36. The predicted molar refractivity (Wildman–Crippen MR) is 33.2 cm³/mol. The van der Waals surface area contributed by atoms with Gasteiger partial charge in [-0.25, -0.2) is 0 Å². The molecule has 40 valence electrons. The molecule has 0 aromatic rings. The minimum absolute atomic E-state index is 0.504. The molecule has 1 rings (SSSR count). The molecule has 0 saturated heterocycles. The molecular weight excluding hydrogens is 108 g/mol. The van der Waals surface area contributed by atoms with Gasteiger partial charge < -0.3 is 4.74 Å². The van der Waals surface area contributed by atoms with Gasteiger partial charge in [0.25, 0.3) is 0 Å². The molecule has 0 aromatic heterocycles. The average Bonchev–Trinajstić information content (AvgIpc) is 1.69. The Bertz CT molecular complexity index is 80.1. The fourth-order valence-electron chi connectivity index (χ4n) is 0.450. The maximum atomic E-state index is 4.97. The number of ether oxygens (including phenoxy) is 1. The van der Waals surface area contributed by atoms with Crippen LogP contribution < -0.4 is 0 Å². The van der Waals surface area contributed by atoms with E-state index in [1.807, 2.05) is 0 Å². The highest BCUT2D eigenvalue weighted by atomic mass is 32.2. The molecule has 1 aliphatic heterocycles. The van der Waals surface area contributed by atoms with E-state index < -0.39 is 0 Å². The van der Waals surface area contributed by atoms with E-state index in [9.17, 15) is 0 Å². The zero-order valence-electron chi connectivity index (χ0n) is 4.39. The second kappa shape index (κ2) is 2.26. The lowest BCUT2D eigenvalue weighted by molar-refractivity contribution is 0.270. The van der Waals surface area contributed by atoms with Crippen LogP contribution >= 0.6 is 0 Å². The highest BCUT2D eigenvalue weighted by Crippen LogP contribution is 1.99. The van der Waals surface area contributed by atoms with Crippen LogP contribution in [0, 0.1) is 0 Å². The summed E-state index contributed by atoms with van der Waals surface area (Å²) < 4.78 is 4.97. The Morgan fingerprint density at radius 3 is 2.86 bits per heavy atom. The van der Waals surface area contributed by atoms with Crippen LogP contribution in [-0.2, 0) is 15.6 Å². The van der Waals surface area contributed by atoms with Crippen molar-refractivity contribution in [2.45, 2.75) is 0 Å². The monoisotopic (exact) mass is 117 g/mol. The van der Waals surface area contributed by atoms with Crippen molar-refractivity contribution in [3.05, 3.63) is 11.7 Å². The normalized spacial score (nSPS) is 29.6. The van der Waals surface area contributed by atoms with Crippen molar-refractivity contribution in [3.8, 4) is 0 Å². The predicted octanol–water partition coefficient (Wildman–Crippen LogP) is 0.736. The third-order valence-electron chi connectivity index (χ3n) is 0.907. The van der Waals surface area contributed by atoms with Crippen LogP contribution in [0.2, 0.25) is 0 Å². The molecule has 7 heavy (non-hydrogen) atoms. The first-order valence-electron chi connectivity index (χ1n) is 2.29. The van der Waals surface area contributed by atoms with Gasteiger partial charge in [-0.15, -0.1) is 0 Å². The smallest absolute Gasteiger partial charge is 0.153 e. The van der Waals surface area contributed by atoms with Gasteiger partial charge in [0.05, 0.1) is 0 Å². The van der Waals surface area contributed by atoms with E-state index >= 15 is 0 Å². The van der Waals surface area contributed by atoms with Crippen LogP contribution in [0.25, 0.3) is 0 Å². The Labute approximate surface area is 46.7 Å². The topological polar surface area (TPSA) is 9.23 Å². The number of rotatable bonds is 0. The molecule has 0 amide bonds. The Hall–Kier alpha value is -0.110. The standard InChI is InChI=1S/C5H9OS/c1-7-4-2-6-3-5-7/h2,4H,3,5H2,1H3/q+1. The third-order valence-corrected chi connectivity index (χ3v) is 2.29. The van der Waals surface area contributed by atoms with Gasteiger partial charge in [0.2, 0.25) is 0 Å². The zero-order chi connectivity index (χ0) is 5.11. The summed E-state index contributed by atoms with van der Waals surface area (Å²) in [5.41, 5.74) is 0. The van der Waals surface area contributed by atoms with Gasteiger partial charge in [-0.05, 0) is 0 Å². The molecule has 0 radical (unpaired) electrons. The van der Waals surface area contributed by atoms with Gasteiger partial charge in [0, 0.05) is 10.9 Å². The number of hydrogen-bond acceptors (Lipinski definition) is 1. The first-order chi connectivity index (χ1) is 3.39. The zero-order valence-corrected chi connectivity index (χ0v) is 5.20. The van der Waals surface area contributed by atoms with Crippen LogP contribution in [0.15, 0.2) is 11.7 Å². The quantitative estimate of drug-likeness (QED) is 0.425. The molecule has 1 nitrogen and oxygen atoms in total. The van der Waals surface area contributed by atoms with Crippen molar-refractivity contribution in [3.63, 3.8) is 0 Å². The molecule has 0 aromatic carbocycles. The largest absolute Gasteiger partial charge is 0.492 e. The lowest BCUT2D eigenvalue weighted by Gasteiger charge is -2.02. The van der Waals surface area contributed by atoms with E-state index in [4.69, 9.17) is 4.74 Å². The molecule has 0 saturated carbocycles. The first-order valence-corrected chi connectivity index (χ1v) is 4.16. The van der Waals surface area contributed by atoms with Crippen LogP contribution in [0.3, 0.4) is 0 Å². The van der Waals surface area contributed by atoms with Gasteiger partial charge in [-0.1, -0.05) is 0 Å². The third kappa shape index (κ3) is 1.43. The van der Waals surface area contributed by atoms with E-state index in [0.717, 1.165) is 6.61 Å². The Morgan fingerprint density at radius 1 is 1.71 bits per heavy atom. The molecule has 1 aliphatic rings. The fourth-order valence-corrected chi connectivity index (χ4v) is 1.21. The molecule has 0 fully saturated rings. The maximum Gasteiger partial charge on any atom is 0.153 e. The van der Waals surface area contributed by atoms with Crippen molar-refractivity contribution in [1.29, 1.82) is 0 Å². The molecule has 0 bridgehead atoms. The average molecular weight is 117 g/mol. The van der Waals surface area contributed by atoms with Crippen molar-refractivity contribution < 1.29 is 4.74 Å². The van der Waals surface area contributed by atoms with Crippen molar-refractivity contribution in [2.24, 2.45) is 0 Å². The molecule has 1 atom stereocenters. The number of hydrogen-bond donors (Lipinski definition) is 0. The highest BCUT2D eigenvalue weighted by molar-refractivity contribution is 7.99. The Morgan fingerprint density at radius 2 is 2.57 bits per heavy atom. The van der Waals surface area contributed by atoms with Crippen molar-refractivity contribution in [1.82, 2.24) is 0 Å². The van der Waals surface area contributed by atoms with E-state index in [-0.39, 0.29) is 0 Å². The minimum Gasteiger partial charge on any atom is -0.492 e. The second-order valence-corrected chi connectivity index (χ2v) is 3.60. The SMILES string of the molecule is C[S+]1C=COCC1. The summed E-state index contributed by atoms with van der Waals surface area (Å²) in [7, 11) is 0.504. The fraction of sp³-hybridized carbons (Fsp3) is 0.600. The summed E-state index contributed by atoms with van der Waals surface area (Å²) in [4.78, 5) is 0. The van der Waals surface area contributed by atoms with E-state index in [1.54, 1.807) is 6.26 Å². The van der Waals surface area contributed by atoms with E-state index in [1.165, 1.54) is 5.75 Å². The summed E-state index contributed by atoms with van der Waals surface area (Å²) in [5.74, 6) is 1.20. The summed E-state index contributed by atoms with van der Waals surface area (Å²) in [5, 5.41) is 2.11. The van der Waals surface area contributed by atoms with Gasteiger partial charge in [-0.2, -0.15) is 0 Å². The molecule has 1 unspecified atom stereocenters. The summed E-state index contributed by atoms with van der Waals surface area (Å²) in [6.45, 7) is 0.913. The lowest BCUT2D eigenvalue weighted by Crippen LogP contribution is -2.10. The summed E-state index contributed by atoms with van der Waals surface area (Å²) in [6.07, 6.45) is 4.02. The van der Waals surface area contributed by atoms with Crippen molar-refractivity contribution >= 4 is 10.9 Å². The summed E-state index contributed by atoms with van der Waals surface area (Å²) in [6, 6.07) is 0. The molecule has 0 aliphatic carbocycles. The van der Waals surface area contributed by atoms with Crippen molar-refractivity contribution in [2.75, 3.05) is 18.6 Å². The van der Waals surface area contributed by atoms with Crippen LogP contribution in [0.5, 0.6) is 0 Å². The van der Waals surface area contributed by atoms with Gasteiger partial charge in [0.1, 0.15) is 24.9 Å². The molecule has 1 heterocycles. The van der Waals surface area contributed by atoms with Crippen LogP contribution in [0.1, 0.15) is 0 Å². The lowest BCUT2D eigenvalue weighted by atomic mass is 10.8. The van der Waals surface area contributed by atoms with Crippen LogP contribution in [-0.4, -0.2) is 18.6 Å². The minimum atomic E-state index is 0.504. The van der Waals surface area contributed by atoms with E-state index in [2.05, 4.69) is 11.7 Å². The highest BCUT2D eigenvalue weighted by Gasteiger charge is 2.09. The molecular formula is C5H9OS+. The summed E-state index contributed by atoms with van der Waals surface area (Å²) >= 11 is 0. The Kier molecular flexibility index (Phi) is 1.63. The molecule has 0 spiro atoms. The van der Waals surface area contributed by atoms with Gasteiger partial charge >= 0.3 is 0 Å². The second-order valence-electron chi connectivity index (χ2n) is 1.54. The van der Waals surface area contributed by atoms with Crippen LogP contribution in [0.4, 0.5) is 0 Å². The molecule has 0 N–H and O–H groups in total. The van der Waals surface area contributed by atoms with E-state index in [0.29, 0.717) is 10.9 Å². The maximum absolute atomic E-state index is 4.97. The first kappa shape index (κ1) is 5.04. The van der Waals surface area contributed by atoms with Gasteiger partial charge in [0.15, 0.2) is 5.41 Å². The van der Waals surface area contributed by atoms with Gasteiger partial charge in [-0.3, -0.25) is 0 Å². The molecule has 2 heteroatoms.